The molecule has 1 aromatic heterocycles. The number of hydrogen-bond acceptors (Lipinski definition) is 5. The average molecular weight is 451 g/mol. The van der Waals surface area contributed by atoms with Gasteiger partial charge in [0.1, 0.15) is 12.4 Å². The summed E-state index contributed by atoms with van der Waals surface area (Å²) in [7, 11) is 0. The molecule has 6 nitrogen and oxygen atoms in total. The fourth-order valence-corrected chi connectivity index (χ4v) is 3.85. The van der Waals surface area contributed by atoms with Crippen molar-refractivity contribution in [2.75, 3.05) is 11.1 Å². The molecule has 0 saturated carbocycles. The lowest BCUT2D eigenvalue weighted by molar-refractivity contribution is -0.113. The molecule has 0 fully saturated rings. The lowest BCUT2D eigenvalue weighted by Gasteiger charge is -2.11. The average Bonchev–Trinajstić information content (AvgIpc) is 3.19. The van der Waals surface area contributed by atoms with E-state index in [2.05, 4.69) is 48.1 Å². The van der Waals surface area contributed by atoms with Gasteiger partial charge in [0.2, 0.25) is 5.91 Å². The van der Waals surface area contributed by atoms with Gasteiger partial charge in [0.05, 0.1) is 5.75 Å². The molecule has 1 atom stereocenters. The molecule has 0 aliphatic carbocycles. The van der Waals surface area contributed by atoms with Gasteiger partial charge in [-0.25, -0.2) is 0 Å². The predicted molar refractivity (Wildman–Crippen MR) is 130 cm³/mol. The first-order valence-corrected chi connectivity index (χ1v) is 11.7. The van der Waals surface area contributed by atoms with E-state index in [0.717, 1.165) is 17.9 Å². The Labute approximate surface area is 194 Å². The number of nitrogens with zero attached hydrogens (tertiary/aromatic N) is 3. The zero-order valence-corrected chi connectivity index (χ0v) is 19.7. The molecule has 0 aliphatic rings. The van der Waals surface area contributed by atoms with Crippen LogP contribution in [0.2, 0.25) is 0 Å². The minimum absolute atomic E-state index is 0.0862. The highest BCUT2D eigenvalue weighted by molar-refractivity contribution is 7.99. The van der Waals surface area contributed by atoms with Crippen molar-refractivity contribution in [2.45, 2.75) is 51.4 Å². The summed E-state index contributed by atoms with van der Waals surface area (Å²) in [6, 6.07) is 15.9. The molecule has 32 heavy (non-hydrogen) atoms. The van der Waals surface area contributed by atoms with Crippen LogP contribution in [0.3, 0.4) is 0 Å². The number of carbonyl (C=O) groups excluding carboxylic acids is 1. The minimum Gasteiger partial charge on any atom is -0.486 e. The standard InChI is InChI=1S/C25H30N4O2S/c1-5-15-29-23(16-31-22-13-7-18(3)8-14-22)27-28-25(29)32-17-24(30)26-21-11-9-20(10-12-21)19(4)6-2/h5,7-14,19H,1,6,15-17H2,2-4H3,(H,26,30). The van der Waals surface area contributed by atoms with E-state index in [4.69, 9.17) is 4.74 Å². The SMILES string of the molecule is C=CCn1c(COc2ccc(C)cc2)nnc1SCC(=O)Nc1ccc(C(C)CC)cc1. The summed E-state index contributed by atoms with van der Waals surface area (Å²) in [5, 5.41) is 12.1. The first-order chi connectivity index (χ1) is 15.5. The summed E-state index contributed by atoms with van der Waals surface area (Å²) in [6.07, 6.45) is 2.87. The van der Waals surface area contributed by atoms with Gasteiger partial charge in [0.25, 0.3) is 0 Å². The zero-order valence-electron chi connectivity index (χ0n) is 18.9. The third kappa shape index (κ3) is 6.47. The second-order valence-electron chi connectivity index (χ2n) is 7.67. The normalized spacial score (nSPS) is 11.7. The lowest BCUT2D eigenvalue weighted by atomic mass is 9.99. The van der Waals surface area contributed by atoms with Crippen LogP contribution < -0.4 is 10.1 Å². The molecule has 0 saturated heterocycles. The number of carbonyl (C=O) groups is 1. The van der Waals surface area contributed by atoms with Crippen LogP contribution in [0.5, 0.6) is 5.75 Å². The third-order valence-electron chi connectivity index (χ3n) is 5.20. The topological polar surface area (TPSA) is 69.0 Å². The number of aromatic nitrogens is 3. The molecular weight excluding hydrogens is 420 g/mol. The number of allylic oxidation sites excluding steroid dienone is 1. The molecule has 1 unspecified atom stereocenters. The van der Waals surface area contributed by atoms with Crippen molar-refractivity contribution in [3.63, 3.8) is 0 Å². The van der Waals surface area contributed by atoms with Gasteiger partial charge in [0.15, 0.2) is 11.0 Å². The quantitative estimate of drug-likeness (QED) is 0.304. The molecule has 3 aromatic rings. The molecule has 1 heterocycles. The Balaban J connectivity index is 1.57. The second-order valence-corrected chi connectivity index (χ2v) is 8.61. The molecule has 168 valence electrons. The summed E-state index contributed by atoms with van der Waals surface area (Å²) in [5.74, 6) is 2.12. The Bertz CT molecular complexity index is 1030. The smallest absolute Gasteiger partial charge is 0.234 e. The first-order valence-electron chi connectivity index (χ1n) is 10.7. The lowest BCUT2D eigenvalue weighted by Crippen LogP contribution is -2.15. The molecule has 1 amide bonds. The van der Waals surface area contributed by atoms with Gasteiger partial charge in [-0.1, -0.05) is 61.5 Å². The Morgan fingerprint density at radius 2 is 1.91 bits per heavy atom. The summed E-state index contributed by atoms with van der Waals surface area (Å²) in [5.41, 5.74) is 3.25. The van der Waals surface area contributed by atoms with E-state index in [1.165, 1.54) is 22.9 Å². The number of amides is 1. The van der Waals surface area contributed by atoms with E-state index < -0.39 is 0 Å². The fourth-order valence-electron chi connectivity index (χ4n) is 3.09. The molecule has 0 bridgehead atoms. The van der Waals surface area contributed by atoms with Crippen LogP contribution in [0.4, 0.5) is 5.69 Å². The van der Waals surface area contributed by atoms with Gasteiger partial charge < -0.3 is 10.1 Å². The molecule has 3 rings (SSSR count). The molecule has 0 aliphatic heterocycles. The summed E-state index contributed by atoms with van der Waals surface area (Å²) in [4.78, 5) is 12.4. The van der Waals surface area contributed by atoms with E-state index in [0.29, 0.717) is 30.1 Å². The van der Waals surface area contributed by atoms with E-state index in [1.54, 1.807) is 6.08 Å². The Kier molecular flexibility index (Phi) is 8.50. The van der Waals surface area contributed by atoms with Crippen LogP contribution in [0.15, 0.2) is 66.3 Å². The summed E-state index contributed by atoms with van der Waals surface area (Å²) < 4.78 is 7.76. The molecule has 7 heteroatoms. The maximum Gasteiger partial charge on any atom is 0.234 e. The Hall–Kier alpha value is -3.06. The Morgan fingerprint density at radius 3 is 2.56 bits per heavy atom. The van der Waals surface area contributed by atoms with Gasteiger partial charge in [-0.3, -0.25) is 9.36 Å². The number of hydrogen-bond donors (Lipinski definition) is 1. The number of aryl methyl sites for hydroxylation is 1. The van der Waals surface area contributed by atoms with Crippen LogP contribution in [-0.2, 0) is 17.9 Å². The number of rotatable bonds is 11. The van der Waals surface area contributed by atoms with Gasteiger partial charge in [-0.15, -0.1) is 16.8 Å². The van der Waals surface area contributed by atoms with Crippen LogP contribution in [0, 0.1) is 6.92 Å². The molecule has 0 radical (unpaired) electrons. The number of nitrogens with one attached hydrogen (secondary N) is 1. The maximum atomic E-state index is 12.4. The van der Waals surface area contributed by atoms with Crippen LogP contribution in [0.1, 0.15) is 43.1 Å². The fraction of sp³-hybridized carbons (Fsp3) is 0.320. The van der Waals surface area contributed by atoms with Crippen molar-refractivity contribution in [3.8, 4) is 5.75 Å². The maximum absolute atomic E-state index is 12.4. The van der Waals surface area contributed by atoms with E-state index >= 15 is 0 Å². The first kappa shape index (κ1) is 23.6. The Morgan fingerprint density at radius 1 is 1.19 bits per heavy atom. The second kappa shape index (κ2) is 11.5. The number of ether oxygens (including phenoxy) is 1. The number of anilines is 1. The van der Waals surface area contributed by atoms with Gasteiger partial charge >= 0.3 is 0 Å². The van der Waals surface area contributed by atoms with E-state index in [-0.39, 0.29) is 11.7 Å². The summed E-state index contributed by atoms with van der Waals surface area (Å²) in [6.45, 7) is 11.1. The van der Waals surface area contributed by atoms with Crippen molar-refractivity contribution in [1.29, 1.82) is 0 Å². The van der Waals surface area contributed by atoms with Gasteiger partial charge in [0, 0.05) is 12.2 Å². The van der Waals surface area contributed by atoms with Crippen LogP contribution >= 0.6 is 11.8 Å². The van der Waals surface area contributed by atoms with Crippen LogP contribution in [0.25, 0.3) is 0 Å². The number of benzene rings is 2. The van der Waals surface area contributed by atoms with Gasteiger partial charge in [-0.2, -0.15) is 0 Å². The van der Waals surface area contributed by atoms with Crippen molar-refractivity contribution in [3.05, 3.63) is 78.1 Å². The molecule has 2 aromatic carbocycles. The highest BCUT2D eigenvalue weighted by atomic mass is 32.2. The zero-order chi connectivity index (χ0) is 22.9. The van der Waals surface area contributed by atoms with Gasteiger partial charge in [-0.05, 0) is 49.1 Å². The predicted octanol–water partition coefficient (Wildman–Crippen LogP) is 5.60. The van der Waals surface area contributed by atoms with Crippen molar-refractivity contribution >= 4 is 23.4 Å². The van der Waals surface area contributed by atoms with E-state index in [1.807, 2.05) is 47.9 Å². The minimum atomic E-state index is -0.0862. The van der Waals surface area contributed by atoms with E-state index in [9.17, 15) is 4.79 Å². The largest absolute Gasteiger partial charge is 0.486 e. The summed E-state index contributed by atoms with van der Waals surface area (Å²) >= 11 is 1.34. The van der Waals surface area contributed by atoms with Crippen molar-refractivity contribution in [1.82, 2.24) is 14.8 Å². The molecule has 0 spiro atoms. The molecular formula is C25H30N4O2S. The van der Waals surface area contributed by atoms with Crippen molar-refractivity contribution in [2.24, 2.45) is 0 Å². The monoisotopic (exact) mass is 450 g/mol. The van der Waals surface area contributed by atoms with Crippen LogP contribution in [-0.4, -0.2) is 26.4 Å². The molecule has 1 N–H and O–H groups in total. The van der Waals surface area contributed by atoms with Crippen molar-refractivity contribution < 1.29 is 9.53 Å². The number of thioether (sulfide) groups is 1. The third-order valence-corrected chi connectivity index (χ3v) is 6.17. The highest BCUT2D eigenvalue weighted by Crippen LogP contribution is 2.22. The highest BCUT2D eigenvalue weighted by Gasteiger charge is 2.14.